The number of nitrogens with zero attached hydrogens (tertiary/aromatic N) is 3. The minimum atomic E-state index is 0.0174. The van der Waals surface area contributed by atoms with Crippen molar-refractivity contribution in [2.24, 2.45) is 0 Å². The molecule has 0 spiro atoms. The number of piperazine rings is 1. The molecular formula is C17H28N4O3. The van der Waals surface area contributed by atoms with Crippen molar-refractivity contribution in [3.8, 4) is 11.5 Å². The highest BCUT2D eigenvalue weighted by Crippen LogP contribution is 2.31. The second-order valence-electron chi connectivity index (χ2n) is 6.05. The van der Waals surface area contributed by atoms with Gasteiger partial charge in [-0.1, -0.05) is 0 Å². The molecule has 0 unspecified atom stereocenters. The topological polar surface area (TPSA) is 57.3 Å². The van der Waals surface area contributed by atoms with Crippen LogP contribution in [-0.2, 0) is 0 Å². The molecule has 7 heteroatoms. The molecule has 1 saturated heterocycles. The fraction of sp³-hybridized carbons (Fsp3) is 0.588. The molecule has 0 bridgehead atoms. The van der Waals surface area contributed by atoms with Gasteiger partial charge in [-0.05, 0) is 26.2 Å². The fourth-order valence-electron chi connectivity index (χ4n) is 2.69. The monoisotopic (exact) mass is 336 g/mol. The molecule has 1 heterocycles. The zero-order valence-corrected chi connectivity index (χ0v) is 15.0. The molecular weight excluding hydrogens is 308 g/mol. The molecule has 1 aliphatic heterocycles. The second-order valence-corrected chi connectivity index (χ2v) is 6.05. The lowest BCUT2D eigenvalue weighted by molar-refractivity contribution is 0.193. The summed E-state index contributed by atoms with van der Waals surface area (Å²) in [6.07, 6.45) is 0. The number of amides is 2. The van der Waals surface area contributed by atoms with E-state index >= 15 is 0 Å². The number of methoxy groups -OCH3 is 2. The van der Waals surface area contributed by atoms with Gasteiger partial charge in [-0.15, -0.1) is 0 Å². The third-order valence-corrected chi connectivity index (χ3v) is 4.13. The molecule has 24 heavy (non-hydrogen) atoms. The SMILES string of the molecule is COc1ccc(N2CCN(C(=O)NCCN(C)C)CC2)cc1OC. The van der Waals surface area contributed by atoms with Gasteiger partial charge in [0.25, 0.3) is 0 Å². The maximum atomic E-state index is 12.1. The van der Waals surface area contributed by atoms with E-state index in [1.54, 1.807) is 14.2 Å². The van der Waals surface area contributed by atoms with E-state index < -0.39 is 0 Å². The molecule has 0 radical (unpaired) electrons. The molecule has 2 amide bonds. The van der Waals surface area contributed by atoms with Crippen LogP contribution in [0.1, 0.15) is 0 Å². The minimum Gasteiger partial charge on any atom is -0.493 e. The van der Waals surface area contributed by atoms with Crippen LogP contribution in [-0.4, -0.2) is 83.4 Å². The zero-order chi connectivity index (χ0) is 17.5. The number of urea groups is 1. The van der Waals surface area contributed by atoms with Gasteiger partial charge in [0.1, 0.15) is 0 Å². The van der Waals surface area contributed by atoms with Gasteiger partial charge < -0.3 is 29.5 Å². The summed E-state index contributed by atoms with van der Waals surface area (Å²) in [7, 11) is 7.25. The summed E-state index contributed by atoms with van der Waals surface area (Å²) in [6.45, 7) is 4.54. The van der Waals surface area contributed by atoms with E-state index in [9.17, 15) is 4.79 Å². The van der Waals surface area contributed by atoms with Crippen LogP contribution in [0.3, 0.4) is 0 Å². The smallest absolute Gasteiger partial charge is 0.317 e. The minimum absolute atomic E-state index is 0.0174. The Hall–Kier alpha value is -2.15. The standard InChI is InChI=1S/C17H28N4O3/c1-19(2)8-7-18-17(22)21-11-9-20(10-12-21)14-5-6-15(23-3)16(13-14)24-4/h5-6,13H,7-12H2,1-4H3,(H,18,22). The Kier molecular flexibility index (Phi) is 6.54. The summed E-state index contributed by atoms with van der Waals surface area (Å²) in [5.41, 5.74) is 1.08. The van der Waals surface area contributed by atoms with Crippen LogP contribution in [0.4, 0.5) is 10.5 Å². The van der Waals surface area contributed by atoms with Crippen molar-refractivity contribution in [3.63, 3.8) is 0 Å². The van der Waals surface area contributed by atoms with Crippen molar-refractivity contribution in [1.82, 2.24) is 15.1 Å². The lowest BCUT2D eigenvalue weighted by atomic mass is 10.2. The van der Waals surface area contributed by atoms with Gasteiger partial charge >= 0.3 is 6.03 Å². The molecule has 1 fully saturated rings. The van der Waals surface area contributed by atoms with Crippen LogP contribution in [0.5, 0.6) is 11.5 Å². The highest BCUT2D eigenvalue weighted by molar-refractivity contribution is 5.74. The molecule has 0 aliphatic carbocycles. The number of rotatable bonds is 6. The van der Waals surface area contributed by atoms with E-state index in [1.165, 1.54) is 0 Å². The maximum absolute atomic E-state index is 12.1. The van der Waals surface area contributed by atoms with E-state index in [4.69, 9.17) is 9.47 Å². The lowest BCUT2D eigenvalue weighted by Crippen LogP contribution is -2.52. The summed E-state index contributed by atoms with van der Waals surface area (Å²) >= 11 is 0. The Morgan fingerprint density at radius 1 is 1.12 bits per heavy atom. The molecule has 1 aromatic carbocycles. The number of carbonyl (C=O) groups is 1. The molecule has 7 nitrogen and oxygen atoms in total. The highest BCUT2D eigenvalue weighted by Gasteiger charge is 2.21. The number of benzene rings is 1. The summed E-state index contributed by atoms with van der Waals surface area (Å²) in [5, 5.41) is 2.96. The van der Waals surface area contributed by atoms with Gasteiger partial charge in [-0.3, -0.25) is 0 Å². The van der Waals surface area contributed by atoms with E-state index in [1.807, 2.05) is 37.2 Å². The number of ether oxygens (including phenoxy) is 2. The number of likely N-dealkylation sites (N-methyl/N-ethyl adjacent to an activating group) is 1. The first-order chi connectivity index (χ1) is 11.5. The van der Waals surface area contributed by atoms with Crippen molar-refractivity contribution >= 4 is 11.7 Å². The Bertz CT molecular complexity index is 543. The first-order valence-corrected chi connectivity index (χ1v) is 8.19. The molecule has 0 atom stereocenters. The Morgan fingerprint density at radius 3 is 2.38 bits per heavy atom. The lowest BCUT2D eigenvalue weighted by Gasteiger charge is -2.36. The Labute approximate surface area is 144 Å². The van der Waals surface area contributed by atoms with Crippen molar-refractivity contribution in [2.75, 3.05) is 72.5 Å². The quantitative estimate of drug-likeness (QED) is 0.843. The number of hydrogen-bond donors (Lipinski definition) is 1. The molecule has 0 saturated carbocycles. The first kappa shape index (κ1) is 18.2. The first-order valence-electron chi connectivity index (χ1n) is 8.19. The summed E-state index contributed by atoms with van der Waals surface area (Å²) in [6, 6.07) is 5.93. The van der Waals surface area contributed by atoms with E-state index in [0.29, 0.717) is 19.6 Å². The number of hydrogen-bond acceptors (Lipinski definition) is 5. The van der Waals surface area contributed by atoms with Gasteiger partial charge in [0.15, 0.2) is 11.5 Å². The molecule has 2 rings (SSSR count). The van der Waals surface area contributed by atoms with Crippen molar-refractivity contribution in [1.29, 1.82) is 0 Å². The number of nitrogens with one attached hydrogen (secondary N) is 1. The third-order valence-electron chi connectivity index (χ3n) is 4.13. The average molecular weight is 336 g/mol. The van der Waals surface area contributed by atoms with Crippen LogP contribution >= 0.6 is 0 Å². The molecule has 1 aromatic rings. The van der Waals surface area contributed by atoms with Crippen LogP contribution in [0, 0.1) is 0 Å². The summed E-state index contributed by atoms with van der Waals surface area (Å²) in [5.74, 6) is 1.44. The third kappa shape index (κ3) is 4.67. The summed E-state index contributed by atoms with van der Waals surface area (Å²) in [4.78, 5) is 18.3. The van der Waals surface area contributed by atoms with Gasteiger partial charge in [0.2, 0.25) is 0 Å². The largest absolute Gasteiger partial charge is 0.493 e. The Balaban J connectivity index is 1.87. The summed E-state index contributed by atoms with van der Waals surface area (Å²) < 4.78 is 10.6. The molecule has 134 valence electrons. The van der Waals surface area contributed by atoms with Gasteiger partial charge in [0.05, 0.1) is 14.2 Å². The fourth-order valence-corrected chi connectivity index (χ4v) is 2.69. The number of anilines is 1. The molecule has 0 aromatic heterocycles. The molecule has 1 N–H and O–H groups in total. The van der Waals surface area contributed by atoms with Crippen LogP contribution in [0.15, 0.2) is 18.2 Å². The van der Waals surface area contributed by atoms with Gasteiger partial charge in [0, 0.05) is 51.0 Å². The predicted octanol–water partition coefficient (Wildman–Crippen LogP) is 1.10. The van der Waals surface area contributed by atoms with E-state index in [-0.39, 0.29) is 6.03 Å². The van der Waals surface area contributed by atoms with Gasteiger partial charge in [-0.25, -0.2) is 4.79 Å². The second kappa shape index (κ2) is 8.63. The predicted molar refractivity (Wildman–Crippen MR) is 95.3 cm³/mol. The van der Waals surface area contributed by atoms with Crippen LogP contribution < -0.4 is 19.7 Å². The highest BCUT2D eigenvalue weighted by atomic mass is 16.5. The Morgan fingerprint density at radius 2 is 1.79 bits per heavy atom. The maximum Gasteiger partial charge on any atom is 0.317 e. The normalized spacial score (nSPS) is 14.7. The van der Waals surface area contributed by atoms with Crippen molar-refractivity contribution in [3.05, 3.63) is 18.2 Å². The van der Waals surface area contributed by atoms with Crippen LogP contribution in [0.2, 0.25) is 0 Å². The van der Waals surface area contributed by atoms with Crippen molar-refractivity contribution in [2.45, 2.75) is 0 Å². The zero-order valence-electron chi connectivity index (χ0n) is 15.0. The van der Waals surface area contributed by atoms with Crippen molar-refractivity contribution < 1.29 is 14.3 Å². The molecule has 1 aliphatic rings. The van der Waals surface area contributed by atoms with E-state index in [0.717, 1.165) is 36.8 Å². The average Bonchev–Trinajstić information content (AvgIpc) is 2.60. The number of carbonyl (C=O) groups excluding carboxylic acids is 1. The van der Waals surface area contributed by atoms with E-state index in [2.05, 4.69) is 15.1 Å². The van der Waals surface area contributed by atoms with Crippen LogP contribution in [0.25, 0.3) is 0 Å². The van der Waals surface area contributed by atoms with Gasteiger partial charge in [-0.2, -0.15) is 0 Å².